The average molecular weight is 278 g/mol. The first-order chi connectivity index (χ1) is 9.50. The second-order valence-electron chi connectivity index (χ2n) is 6.21. The van der Waals surface area contributed by atoms with Crippen LogP contribution in [0.15, 0.2) is 6.07 Å². The molecule has 2 rings (SSSR count). The van der Waals surface area contributed by atoms with Gasteiger partial charge < -0.3 is 15.4 Å². The number of ether oxygens (including phenoxy) is 1. The van der Waals surface area contributed by atoms with Gasteiger partial charge in [0.25, 0.3) is 0 Å². The summed E-state index contributed by atoms with van der Waals surface area (Å²) in [4.78, 5) is 11.1. The Hall–Kier alpha value is -1.36. The van der Waals surface area contributed by atoms with Crippen LogP contribution in [-0.2, 0) is 11.3 Å². The van der Waals surface area contributed by atoms with Crippen LogP contribution in [0.25, 0.3) is 0 Å². The van der Waals surface area contributed by atoms with Crippen molar-refractivity contribution < 1.29 is 4.74 Å². The molecule has 112 valence electrons. The second-order valence-corrected chi connectivity index (χ2v) is 6.21. The molecule has 0 amide bonds. The molecule has 0 unspecified atom stereocenters. The maximum atomic E-state index is 5.90. The molecule has 0 saturated carbocycles. The largest absolute Gasteiger partial charge is 0.384 e. The van der Waals surface area contributed by atoms with E-state index in [-0.39, 0.29) is 0 Å². The van der Waals surface area contributed by atoms with Crippen LogP contribution in [0, 0.1) is 5.41 Å². The molecule has 1 fully saturated rings. The maximum Gasteiger partial charge on any atom is 0.158 e. The van der Waals surface area contributed by atoms with Gasteiger partial charge in [0.15, 0.2) is 5.82 Å². The lowest BCUT2D eigenvalue weighted by Crippen LogP contribution is -2.26. The van der Waals surface area contributed by atoms with Crippen LogP contribution >= 0.6 is 0 Å². The molecule has 5 heteroatoms. The molecule has 0 atom stereocenters. The van der Waals surface area contributed by atoms with Crippen molar-refractivity contribution in [2.45, 2.75) is 46.6 Å². The first-order valence-electron chi connectivity index (χ1n) is 7.46. The van der Waals surface area contributed by atoms with Crippen molar-refractivity contribution >= 4 is 11.6 Å². The summed E-state index contributed by atoms with van der Waals surface area (Å²) >= 11 is 0. The van der Waals surface area contributed by atoms with Gasteiger partial charge >= 0.3 is 0 Å². The van der Waals surface area contributed by atoms with Crippen molar-refractivity contribution in [1.82, 2.24) is 9.97 Å². The fraction of sp³-hybridized carbons (Fsp3) is 0.733. The van der Waals surface area contributed by atoms with Crippen molar-refractivity contribution in [1.29, 1.82) is 0 Å². The molecule has 1 aliphatic heterocycles. The van der Waals surface area contributed by atoms with E-state index in [0.29, 0.717) is 30.3 Å². The summed E-state index contributed by atoms with van der Waals surface area (Å²) in [7, 11) is 0. The second kappa shape index (κ2) is 6.39. The predicted molar refractivity (Wildman–Crippen MR) is 81.6 cm³/mol. The molecule has 0 aromatic carbocycles. The smallest absolute Gasteiger partial charge is 0.158 e. The van der Waals surface area contributed by atoms with Gasteiger partial charge in [-0.25, -0.2) is 9.97 Å². The molecule has 1 aliphatic rings. The van der Waals surface area contributed by atoms with E-state index >= 15 is 0 Å². The van der Waals surface area contributed by atoms with Crippen LogP contribution in [0.5, 0.6) is 0 Å². The van der Waals surface area contributed by atoms with Crippen LogP contribution in [0.2, 0.25) is 0 Å². The number of anilines is 2. The lowest BCUT2D eigenvalue weighted by Gasteiger charge is -2.24. The van der Waals surface area contributed by atoms with Crippen LogP contribution in [0.1, 0.15) is 45.9 Å². The van der Waals surface area contributed by atoms with Gasteiger partial charge in [-0.2, -0.15) is 0 Å². The molecule has 1 saturated heterocycles. The highest BCUT2D eigenvalue weighted by Crippen LogP contribution is 2.31. The molecule has 2 N–H and O–H groups in total. The number of rotatable bonds is 4. The number of aromatic nitrogens is 2. The van der Waals surface area contributed by atoms with Crippen molar-refractivity contribution in [2.24, 2.45) is 5.41 Å². The Kier molecular flexibility index (Phi) is 4.81. The summed E-state index contributed by atoms with van der Waals surface area (Å²) in [5, 5.41) is 0. The summed E-state index contributed by atoms with van der Waals surface area (Å²) in [6.07, 6.45) is 3.63. The zero-order valence-corrected chi connectivity index (χ0v) is 12.9. The molecule has 0 aliphatic carbocycles. The van der Waals surface area contributed by atoms with E-state index < -0.39 is 0 Å². The quantitative estimate of drug-likeness (QED) is 0.917. The van der Waals surface area contributed by atoms with E-state index in [1.54, 1.807) is 0 Å². The first-order valence-corrected chi connectivity index (χ1v) is 7.46. The van der Waals surface area contributed by atoms with E-state index in [4.69, 9.17) is 10.5 Å². The zero-order valence-electron chi connectivity index (χ0n) is 12.9. The minimum atomic E-state index is 0.418. The van der Waals surface area contributed by atoms with Gasteiger partial charge in [-0.3, -0.25) is 0 Å². The number of hydrogen-bond acceptors (Lipinski definition) is 5. The van der Waals surface area contributed by atoms with Gasteiger partial charge in [-0.05, 0) is 31.6 Å². The molecular weight excluding hydrogens is 252 g/mol. The molecular formula is C15H26N4O. The standard InChI is InChI=1S/C15H26N4O/c1-4-20-11-13-17-12(16)10-14(18-13)19-8-5-6-15(2,3)7-9-19/h10H,4-9,11H2,1-3H3,(H2,16,17,18). The molecule has 0 radical (unpaired) electrons. The Bertz CT molecular complexity index is 447. The van der Waals surface area contributed by atoms with Gasteiger partial charge in [0, 0.05) is 25.8 Å². The highest BCUT2D eigenvalue weighted by molar-refractivity contribution is 5.47. The van der Waals surface area contributed by atoms with Crippen molar-refractivity contribution in [3.8, 4) is 0 Å². The lowest BCUT2D eigenvalue weighted by molar-refractivity contribution is 0.128. The van der Waals surface area contributed by atoms with Crippen LogP contribution in [0.4, 0.5) is 11.6 Å². The highest BCUT2D eigenvalue weighted by Gasteiger charge is 2.24. The van der Waals surface area contributed by atoms with Gasteiger partial charge in [0.05, 0.1) is 0 Å². The fourth-order valence-corrected chi connectivity index (χ4v) is 2.57. The Morgan fingerprint density at radius 2 is 2.10 bits per heavy atom. The number of hydrogen-bond donors (Lipinski definition) is 1. The first kappa shape index (κ1) is 15.0. The van der Waals surface area contributed by atoms with E-state index in [0.717, 1.165) is 18.9 Å². The Morgan fingerprint density at radius 3 is 2.85 bits per heavy atom. The van der Waals surface area contributed by atoms with Crippen molar-refractivity contribution in [2.75, 3.05) is 30.3 Å². The monoisotopic (exact) mass is 278 g/mol. The van der Waals surface area contributed by atoms with Gasteiger partial charge in [-0.1, -0.05) is 13.8 Å². The third-order valence-electron chi connectivity index (χ3n) is 3.88. The summed E-state index contributed by atoms with van der Waals surface area (Å²) in [6.45, 7) is 9.78. The van der Waals surface area contributed by atoms with E-state index in [1.807, 2.05) is 13.0 Å². The van der Waals surface area contributed by atoms with Gasteiger partial charge in [0.2, 0.25) is 0 Å². The maximum absolute atomic E-state index is 5.90. The summed E-state index contributed by atoms with van der Waals surface area (Å²) in [6, 6.07) is 1.87. The highest BCUT2D eigenvalue weighted by atomic mass is 16.5. The molecule has 2 heterocycles. The third-order valence-corrected chi connectivity index (χ3v) is 3.88. The molecule has 5 nitrogen and oxygen atoms in total. The van der Waals surface area contributed by atoms with Crippen molar-refractivity contribution in [3.63, 3.8) is 0 Å². The minimum absolute atomic E-state index is 0.418. The summed E-state index contributed by atoms with van der Waals surface area (Å²) in [5.74, 6) is 2.13. The molecule has 20 heavy (non-hydrogen) atoms. The summed E-state index contributed by atoms with van der Waals surface area (Å²) < 4.78 is 5.38. The molecule has 0 bridgehead atoms. The predicted octanol–water partition coefficient (Wildman–Crippen LogP) is 2.61. The zero-order chi connectivity index (χ0) is 14.6. The normalized spacial score (nSPS) is 18.9. The van der Waals surface area contributed by atoms with Crippen LogP contribution in [0.3, 0.4) is 0 Å². The molecule has 0 spiro atoms. The van der Waals surface area contributed by atoms with Gasteiger partial charge in [0.1, 0.15) is 18.2 Å². The van der Waals surface area contributed by atoms with Crippen LogP contribution < -0.4 is 10.6 Å². The topological polar surface area (TPSA) is 64.3 Å². The Balaban J connectivity index is 2.13. The SMILES string of the molecule is CCOCc1nc(N)cc(N2CCCC(C)(C)CC2)n1. The molecule has 1 aromatic heterocycles. The average Bonchev–Trinajstić information content (AvgIpc) is 2.57. The number of nitrogens with zero attached hydrogens (tertiary/aromatic N) is 3. The summed E-state index contributed by atoms with van der Waals surface area (Å²) in [5.41, 5.74) is 6.31. The third kappa shape index (κ3) is 4.07. The van der Waals surface area contributed by atoms with Gasteiger partial charge in [-0.15, -0.1) is 0 Å². The van der Waals surface area contributed by atoms with Crippen LogP contribution in [-0.4, -0.2) is 29.7 Å². The van der Waals surface area contributed by atoms with Crippen molar-refractivity contribution in [3.05, 3.63) is 11.9 Å². The number of nitrogen functional groups attached to an aromatic ring is 1. The Morgan fingerprint density at radius 1 is 1.30 bits per heavy atom. The fourth-order valence-electron chi connectivity index (χ4n) is 2.57. The van der Waals surface area contributed by atoms with E-state index in [1.165, 1.54) is 19.3 Å². The lowest BCUT2D eigenvalue weighted by atomic mass is 9.85. The Labute approximate surface area is 121 Å². The number of nitrogens with two attached hydrogens (primary N) is 1. The van der Waals surface area contributed by atoms with E-state index in [2.05, 4.69) is 28.7 Å². The molecule has 1 aromatic rings. The minimum Gasteiger partial charge on any atom is -0.384 e. The van der Waals surface area contributed by atoms with E-state index in [9.17, 15) is 0 Å².